The Labute approximate surface area is 115 Å². The molecule has 2 aromatic rings. The Balaban J connectivity index is 2.60. The van der Waals surface area contributed by atoms with E-state index in [1.54, 1.807) is 12.1 Å². The Morgan fingerprint density at radius 1 is 1.32 bits per heavy atom. The number of aryl methyl sites for hydroxylation is 1. The van der Waals surface area contributed by atoms with E-state index in [1.165, 1.54) is 7.11 Å². The van der Waals surface area contributed by atoms with Crippen molar-refractivity contribution >= 4 is 15.9 Å². The van der Waals surface area contributed by atoms with Gasteiger partial charge in [0.05, 0.1) is 11.6 Å². The molecule has 1 aromatic carbocycles. The molecule has 3 nitrogen and oxygen atoms in total. The predicted octanol–water partition coefficient (Wildman–Crippen LogP) is 4.18. The minimum atomic E-state index is -4.48. The van der Waals surface area contributed by atoms with Crippen molar-refractivity contribution in [2.45, 2.75) is 13.1 Å². The topological polar surface area (TPSA) is 37.9 Å². The van der Waals surface area contributed by atoms with Gasteiger partial charge in [0, 0.05) is 5.56 Å². The number of alkyl halides is 3. The number of rotatable bonds is 2. The molecule has 102 valence electrons. The molecule has 0 saturated carbocycles. The largest absolute Gasteiger partial charge is 0.496 e. The number of nitrogens with zero attached hydrogens (tertiary/aromatic N) is 1. The standard InChI is InChI=1S/C12H10BrF3N2O/c1-6-3-4-8(19-2)7(5-6)10-9(13)11(18-17-10)12(14,15)16/h3-5H,1-2H3,(H,17,18). The molecule has 1 aromatic heterocycles. The zero-order valence-electron chi connectivity index (χ0n) is 10.1. The van der Waals surface area contributed by atoms with E-state index in [1.807, 2.05) is 18.1 Å². The lowest BCUT2D eigenvalue weighted by Gasteiger charge is -2.08. The molecule has 7 heteroatoms. The SMILES string of the molecule is COc1ccc(C)cc1-c1n[nH]c(C(F)(F)F)c1Br. The number of H-pyrrole nitrogens is 1. The molecule has 2 rings (SSSR count). The molecule has 0 aliphatic carbocycles. The van der Waals surface area contributed by atoms with Crippen LogP contribution in [0, 0.1) is 6.92 Å². The fourth-order valence-electron chi connectivity index (χ4n) is 1.70. The summed E-state index contributed by atoms with van der Waals surface area (Å²) in [5.41, 5.74) is 0.666. The summed E-state index contributed by atoms with van der Waals surface area (Å²) in [7, 11) is 1.46. The highest BCUT2D eigenvalue weighted by atomic mass is 79.9. The summed E-state index contributed by atoms with van der Waals surface area (Å²) in [6.45, 7) is 1.84. The van der Waals surface area contributed by atoms with Crippen LogP contribution in [0.2, 0.25) is 0 Å². The first kappa shape index (κ1) is 13.9. The quantitative estimate of drug-likeness (QED) is 0.894. The molecule has 0 spiro atoms. The highest BCUT2D eigenvalue weighted by Gasteiger charge is 2.37. The molecular formula is C12H10BrF3N2O. The number of hydrogen-bond acceptors (Lipinski definition) is 2. The Bertz CT molecular complexity index is 608. The summed E-state index contributed by atoms with van der Waals surface area (Å²) in [5, 5.41) is 5.74. The minimum absolute atomic E-state index is 0.121. The number of aromatic nitrogens is 2. The fourth-order valence-corrected chi connectivity index (χ4v) is 2.32. The van der Waals surface area contributed by atoms with Gasteiger partial charge in [-0.25, -0.2) is 0 Å². The first-order valence-electron chi connectivity index (χ1n) is 5.30. The number of ether oxygens (including phenoxy) is 1. The highest BCUT2D eigenvalue weighted by molar-refractivity contribution is 9.10. The van der Waals surface area contributed by atoms with E-state index in [2.05, 4.69) is 21.0 Å². The van der Waals surface area contributed by atoms with E-state index in [0.29, 0.717) is 11.3 Å². The van der Waals surface area contributed by atoms with Crippen molar-refractivity contribution in [1.29, 1.82) is 0 Å². The summed E-state index contributed by atoms with van der Waals surface area (Å²) in [6.07, 6.45) is -4.48. The van der Waals surface area contributed by atoms with Gasteiger partial charge in [0.2, 0.25) is 0 Å². The number of halogens is 4. The van der Waals surface area contributed by atoms with Crippen LogP contribution in [0.25, 0.3) is 11.3 Å². The molecule has 1 N–H and O–H groups in total. The Morgan fingerprint density at radius 2 is 2.00 bits per heavy atom. The van der Waals surface area contributed by atoms with Gasteiger partial charge in [0.1, 0.15) is 11.4 Å². The third-order valence-corrected chi connectivity index (χ3v) is 3.37. The van der Waals surface area contributed by atoms with Gasteiger partial charge < -0.3 is 4.74 Å². The lowest BCUT2D eigenvalue weighted by atomic mass is 10.1. The zero-order chi connectivity index (χ0) is 14.2. The number of methoxy groups -OCH3 is 1. The van der Waals surface area contributed by atoms with Gasteiger partial charge >= 0.3 is 6.18 Å². The summed E-state index contributed by atoms with van der Waals surface area (Å²) < 4.78 is 43.1. The van der Waals surface area contributed by atoms with Crippen LogP contribution in [0.4, 0.5) is 13.2 Å². The lowest BCUT2D eigenvalue weighted by Crippen LogP contribution is -2.06. The summed E-state index contributed by atoms with van der Waals surface area (Å²) in [6, 6.07) is 5.23. The number of benzene rings is 1. The first-order valence-corrected chi connectivity index (χ1v) is 6.10. The van der Waals surface area contributed by atoms with E-state index >= 15 is 0 Å². The van der Waals surface area contributed by atoms with Crippen molar-refractivity contribution in [2.24, 2.45) is 0 Å². The van der Waals surface area contributed by atoms with Gasteiger partial charge in [-0.15, -0.1) is 0 Å². The van der Waals surface area contributed by atoms with Crippen LogP contribution in [0.15, 0.2) is 22.7 Å². The van der Waals surface area contributed by atoms with Crippen molar-refractivity contribution < 1.29 is 17.9 Å². The normalized spacial score (nSPS) is 11.7. The van der Waals surface area contributed by atoms with Gasteiger partial charge in [-0.1, -0.05) is 11.6 Å². The van der Waals surface area contributed by atoms with Crippen LogP contribution in [-0.4, -0.2) is 17.3 Å². The highest BCUT2D eigenvalue weighted by Crippen LogP contribution is 2.40. The maximum atomic E-state index is 12.7. The van der Waals surface area contributed by atoms with Crippen molar-refractivity contribution in [3.05, 3.63) is 33.9 Å². The van der Waals surface area contributed by atoms with Crippen LogP contribution in [0.1, 0.15) is 11.3 Å². The molecule has 0 unspecified atom stereocenters. The Hall–Kier alpha value is -1.50. The Kier molecular flexibility index (Phi) is 3.58. The van der Waals surface area contributed by atoms with Crippen LogP contribution in [0.5, 0.6) is 5.75 Å². The molecule has 0 saturated heterocycles. The molecule has 0 amide bonds. The molecule has 0 aliphatic rings. The second kappa shape index (κ2) is 4.88. The molecule has 19 heavy (non-hydrogen) atoms. The predicted molar refractivity (Wildman–Crippen MR) is 68.0 cm³/mol. The molecule has 0 fully saturated rings. The third-order valence-electron chi connectivity index (χ3n) is 2.60. The van der Waals surface area contributed by atoms with Gasteiger partial charge in [0.25, 0.3) is 0 Å². The maximum absolute atomic E-state index is 12.7. The Morgan fingerprint density at radius 3 is 2.53 bits per heavy atom. The van der Waals surface area contributed by atoms with Gasteiger partial charge in [-0.3, -0.25) is 5.10 Å². The van der Waals surface area contributed by atoms with Gasteiger partial charge in [0.15, 0.2) is 5.69 Å². The summed E-state index contributed by atoms with van der Waals surface area (Å²) >= 11 is 2.94. The second-order valence-electron chi connectivity index (χ2n) is 3.96. The number of nitrogens with one attached hydrogen (secondary N) is 1. The molecular weight excluding hydrogens is 325 g/mol. The average Bonchev–Trinajstić information content (AvgIpc) is 2.70. The van der Waals surface area contributed by atoms with Crippen LogP contribution < -0.4 is 4.74 Å². The van der Waals surface area contributed by atoms with Crippen LogP contribution in [0.3, 0.4) is 0 Å². The summed E-state index contributed by atoms with van der Waals surface area (Å²) in [4.78, 5) is 0. The molecule has 0 atom stereocenters. The van der Waals surface area contributed by atoms with E-state index in [-0.39, 0.29) is 10.2 Å². The smallest absolute Gasteiger partial charge is 0.433 e. The van der Waals surface area contributed by atoms with E-state index in [4.69, 9.17) is 4.74 Å². The van der Waals surface area contributed by atoms with Gasteiger partial charge in [-0.05, 0) is 35.0 Å². The molecule has 1 heterocycles. The van der Waals surface area contributed by atoms with Crippen LogP contribution >= 0.6 is 15.9 Å². The first-order chi connectivity index (χ1) is 8.84. The third kappa shape index (κ3) is 2.60. The van der Waals surface area contributed by atoms with E-state index < -0.39 is 11.9 Å². The van der Waals surface area contributed by atoms with E-state index in [0.717, 1.165) is 5.56 Å². The van der Waals surface area contributed by atoms with Crippen molar-refractivity contribution in [3.8, 4) is 17.0 Å². The van der Waals surface area contributed by atoms with Crippen LogP contribution in [-0.2, 0) is 6.18 Å². The van der Waals surface area contributed by atoms with Crippen molar-refractivity contribution in [3.63, 3.8) is 0 Å². The minimum Gasteiger partial charge on any atom is -0.496 e. The van der Waals surface area contributed by atoms with Gasteiger partial charge in [-0.2, -0.15) is 18.3 Å². The maximum Gasteiger partial charge on any atom is 0.433 e. The molecule has 0 radical (unpaired) electrons. The average molecular weight is 335 g/mol. The fraction of sp³-hybridized carbons (Fsp3) is 0.250. The number of aromatic amines is 1. The molecule has 0 bridgehead atoms. The van der Waals surface area contributed by atoms with Crippen molar-refractivity contribution in [2.75, 3.05) is 7.11 Å². The van der Waals surface area contributed by atoms with Crippen molar-refractivity contribution in [1.82, 2.24) is 10.2 Å². The molecule has 0 aliphatic heterocycles. The number of hydrogen-bond donors (Lipinski definition) is 1. The summed E-state index contributed by atoms with van der Waals surface area (Å²) in [5.74, 6) is 0.464. The zero-order valence-corrected chi connectivity index (χ0v) is 11.7. The monoisotopic (exact) mass is 334 g/mol. The second-order valence-corrected chi connectivity index (χ2v) is 4.76. The lowest BCUT2D eigenvalue weighted by molar-refractivity contribution is -0.141. The van der Waals surface area contributed by atoms with E-state index in [9.17, 15) is 13.2 Å².